The van der Waals surface area contributed by atoms with Crippen LogP contribution in [0, 0.1) is 6.92 Å². The third-order valence-electron chi connectivity index (χ3n) is 3.79. The summed E-state index contributed by atoms with van der Waals surface area (Å²) in [5, 5.41) is 12.3. The van der Waals surface area contributed by atoms with Gasteiger partial charge in [0.15, 0.2) is 0 Å². The molecule has 2 aromatic heterocycles. The fraction of sp³-hybridized carbons (Fsp3) is 0.438. The number of nitrogens with zero attached hydrogens (tertiary/aromatic N) is 2. The minimum Gasteiger partial charge on any atom is -0.508 e. The van der Waals surface area contributed by atoms with Gasteiger partial charge in [-0.1, -0.05) is 0 Å². The molecule has 128 valence electrons. The third kappa shape index (κ3) is 4.01. The summed E-state index contributed by atoms with van der Waals surface area (Å²) in [6.45, 7) is 3.37. The molecule has 2 N–H and O–H groups in total. The number of hydrogen-bond donors (Lipinski definition) is 2. The fourth-order valence-electron chi connectivity index (χ4n) is 2.71. The van der Waals surface area contributed by atoms with Crippen LogP contribution in [0.15, 0.2) is 22.3 Å². The zero-order chi connectivity index (χ0) is 17.1. The molecule has 0 bridgehead atoms. The molecule has 3 rings (SSSR count). The zero-order valence-corrected chi connectivity index (χ0v) is 14.1. The molecular formula is C16H19N3O4S. The molecule has 1 aliphatic heterocycles. The summed E-state index contributed by atoms with van der Waals surface area (Å²) in [7, 11) is 0. The average molecular weight is 349 g/mol. The Morgan fingerprint density at radius 1 is 1.54 bits per heavy atom. The maximum atomic E-state index is 12.8. The average Bonchev–Trinajstić information content (AvgIpc) is 3.17. The van der Waals surface area contributed by atoms with Crippen LogP contribution in [0.5, 0.6) is 5.75 Å². The number of nitrogens with one attached hydrogen (secondary N) is 1. The van der Waals surface area contributed by atoms with Crippen LogP contribution in [-0.2, 0) is 11.3 Å². The van der Waals surface area contributed by atoms with E-state index >= 15 is 0 Å². The first-order valence-electron chi connectivity index (χ1n) is 7.76. The number of hydrogen-bond acceptors (Lipinski definition) is 6. The second kappa shape index (κ2) is 7.14. The summed E-state index contributed by atoms with van der Waals surface area (Å²) < 4.78 is 5.63. The van der Waals surface area contributed by atoms with Crippen molar-refractivity contribution in [1.82, 2.24) is 14.9 Å². The Morgan fingerprint density at radius 3 is 3.00 bits per heavy atom. The van der Waals surface area contributed by atoms with Crippen LogP contribution in [0.4, 0.5) is 0 Å². The van der Waals surface area contributed by atoms with E-state index < -0.39 is 5.56 Å². The molecule has 7 nitrogen and oxygen atoms in total. The predicted octanol–water partition coefficient (Wildman–Crippen LogP) is 1.67. The van der Waals surface area contributed by atoms with Crippen molar-refractivity contribution >= 4 is 17.2 Å². The minimum absolute atomic E-state index is 0.0148. The minimum atomic E-state index is -0.513. The van der Waals surface area contributed by atoms with Crippen LogP contribution < -0.4 is 5.56 Å². The molecule has 0 unspecified atom stereocenters. The first kappa shape index (κ1) is 16.7. The number of aryl methyl sites for hydroxylation is 1. The number of pyridine rings is 1. The van der Waals surface area contributed by atoms with Crippen LogP contribution >= 0.6 is 11.3 Å². The number of aromatic hydroxyl groups is 1. The van der Waals surface area contributed by atoms with Gasteiger partial charge < -0.3 is 19.7 Å². The lowest BCUT2D eigenvalue weighted by atomic mass is 10.2. The van der Waals surface area contributed by atoms with Gasteiger partial charge in [0, 0.05) is 36.4 Å². The normalized spacial score (nSPS) is 17.1. The zero-order valence-electron chi connectivity index (χ0n) is 13.3. The van der Waals surface area contributed by atoms with E-state index in [1.54, 1.807) is 4.90 Å². The number of carbonyl (C=O) groups excluding carboxylic acids is 1. The highest BCUT2D eigenvalue weighted by Gasteiger charge is 2.25. The van der Waals surface area contributed by atoms with Gasteiger partial charge in [-0.15, -0.1) is 11.3 Å². The summed E-state index contributed by atoms with van der Waals surface area (Å²) in [4.78, 5) is 32.8. The molecule has 1 atom stereocenters. The Bertz CT molecular complexity index is 780. The van der Waals surface area contributed by atoms with E-state index in [1.165, 1.54) is 17.4 Å². The number of aromatic amines is 1. The Morgan fingerprint density at radius 2 is 2.38 bits per heavy atom. The van der Waals surface area contributed by atoms with Gasteiger partial charge >= 0.3 is 0 Å². The lowest BCUT2D eigenvalue weighted by Gasteiger charge is -2.24. The van der Waals surface area contributed by atoms with Crippen LogP contribution in [0.2, 0.25) is 0 Å². The van der Waals surface area contributed by atoms with Crippen molar-refractivity contribution in [2.24, 2.45) is 0 Å². The van der Waals surface area contributed by atoms with Crippen molar-refractivity contribution in [2.45, 2.75) is 32.4 Å². The van der Waals surface area contributed by atoms with Crippen molar-refractivity contribution in [2.75, 3.05) is 13.2 Å². The van der Waals surface area contributed by atoms with Gasteiger partial charge in [-0.05, 0) is 19.8 Å². The number of H-pyrrole nitrogens is 1. The summed E-state index contributed by atoms with van der Waals surface area (Å²) in [6, 6.07) is 2.30. The van der Waals surface area contributed by atoms with Crippen molar-refractivity contribution < 1.29 is 14.6 Å². The Labute approximate surface area is 142 Å². The molecule has 1 aliphatic rings. The molecule has 1 amide bonds. The Balaban J connectivity index is 1.83. The first-order chi connectivity index (χ1) is 11.5. The van der Waals surface area contributed by atoms with Crippen molar-refractivity contribution in [3.05, 3.63) is 44.3 Å². The maximum Gasteiger partial charge on any atom is 0.270 e. The first-order valence-corrected chi connectivity index (χ1v) is 8.64. The number of thiazole rings is 1. The quantitative estimate of drug-likeness (QED) is 0.856. The van der Waals surface area contributed by atoms with E-state index in [0.29, 0.717) is 19.7 Å². The molecule has 1 saturated heterocycles. The Kier molecular flexibility index (Phi) is 4.96. The topological polar surface area (TPSA) is 95.5 Å². The van der Waals surface area contributed by atoms with E-state index in [2.05, 4.69) is 9.97 Å². The lowest BCUT2D eigenvalue weighted by molar-refractivity contribution is 0.0502. The molecule has 3 heterocycles. The number of carbonyl (C=O) groups is 1. The van der Waals surface area contributed by atoms with Gasteiger partial charge in [-0.3, -0.25) is 9.59 Å². The molecule has 0 aliphatic carbocycles. The van der Waals surface area contributed by atoms with Crippen LogP contribution in [0.1, 0.15) is 34.0 Å². The summed E-state index contributed by atoms with van der Waals surface area (Å²) in [6.07, 6.45) is 1.86. The van der Waals surface area contributed by atoms with Crippen molar-refractivity contribution in [3.63, 3.8) is 0 Å². The molecule has 0 saturated carbocycles. The van der Waals surface area contributed by atoms with Crippen molar-refractivity contribution in [1.29, 1.82) is 0 Å². The fourth-order valence-corrected chi connectivity index (χ4v) is 3.49. The van der Waals surface area contributed by atoms with Gasteiger partial charge in [-0.2, -0.15) is 0 Å². The van der Waals surface area contributed by atoms with E-state index in [9.17, 15) is 14.7 Å². The summed E-state index contributed by atoms with van der Waals surface area (Å²) in [5.74, 6) is -0.587. The van der Waals surface area contributed by atoms with E-state index in [4.69, 9.17) is 4.74 Å². The third-order valence-corrected chi connectivity index (χ3v) is 4.74. The molecule has 1 fully saturated rings. The SMILES string of the molecule is Cc1csc(CN(C[C@H]2CCCO2)C(=O)c2cc(O)cc(=O)[nH]2)n1. The molecule has 2 aromatic rings. The summed E-state index contributed by atoms with van der Waals surface area (Å²) >= 11 is 1.49. The maximum absolute atomic E-state index is 12.8. The number of rotatable bonds is 5. The standard InChI is InChI=1S/C16H19N3O4S/c1-10-9-24-15(17-10)8-19(7-12-3-2-4-23-12)16(22)13-5-11(20)6-14(21)18-13/h5-6,9,12H,2-4,7-8H2,1H3,(H2,18,20,21)/t12-/m1/s1. The highest BCUT2D eigenvalue weighted by molar-refractivity contribution is 7.09. The van der Waals surface area contributed by atoms with Gasteiger partial charge in [0.1, 0.15) is 16.5 Å². The molecular weight excluding hydrogens is 330 g/mol. The molecule has 0 spiro atoms. The molecule has 0 aromatic carbocycles. The molecule has 24 heavy (non-hydrogen) atoms. The second-order valence-electron chi connectivity index (χ2n) is 5.82. The molecule has 0 radical (unpaired) electrons. The van der Waals surface area contributed by atoms with Gasteiger partial charge in [0.2, 0.25) is 0 Å². The number of aromatic nitrogens is 2. The summed E-state index contributed by atoms with van der Waals surface area (Å²) in [5.41, 5.74) is 0.456. The van der Waals surface area contributed by atoms with Crippen LogP contribution in [0.3, 0.4) is 0 Å². The smallest absolute Gasteiger partial charge is 0.270 e. The van der Waals surface area contributed by atoms with E-state index in [0.717, 1.165) is 29.6 Å². The monoisotopic (exact) mass is 349 g/mol. The van der Waals surface area contributed by atoms with E-state index in [-0.39, 0.29) is 23.5 Å². The highest BCUT2D eigenvalue weighted by atomic mass is 32.1. The van der Waals surface area contributed by atoms with Crippen LogP contribution in [-0.4, -0.2) is 45.1 Å². The number of ether oxygens (including phenoxy) is 1. The predicted molar refractivity (Wildman–Crippen MR) is 89.3 cm³/mol. The van der Waals surface area contributed by atoms with Gasteiger partial charge in [0.25, 0.3) is 11.5 Å². The second-order valence-corrected chi connectivity index (χ2v) is 6.76. The van der Waals surface area contributed by atoms with Crippen LogP contribution in [0.25, 0.3) is 0 Å². The Hall–Kier alpha value is -2.19. The molecule has 8 heteroatoms. The van der Waals surface area contributed by atoms with Gasteiger partial charge in [0.05, 0.1) is 12.6 Å². The van der Waals surface area contributed by atoms with Crippen molar-refractivity contribution in [3.8, 4) is 5.75 Å². The highest BCUT2D eigenvalue weighted by Crippen LogP contribution is 2.19. The largest absolute Gasteiger partial charge is 0.508 e. The van der Waals surface area contributed by atoms with Gasteiger partial charge in [-0.25, -0.2) is 4.98 Å². The number of amides is 1. The van der Waals surface area contributed by atoms with E-state index in [1.807, 2.05) is 12.3 Å². The lowest BCUT2D eigenvalue weighted by Crippen LogP contribution is -2.37.